The first-order chi connectivity index (χ1) is 9.63. The summed E-state index contributed by atoms with van der Waals surface area (Å²) >= 11 is 0. The molecular formula is C14H12N4O2. The van der Waals surface area contributed by atoms with Crippen LogP contribution < -0.4 is 5.32 Å². The van der Waals surface area contributed by atoms with E-state index in [1.807, 2.05) is 25.1 Å². The highest BCUT2D eigenvalue weighted by Crippen LogP contribution is 2.30. The molecule has 0 aliphatic carbocycles. The van der Waals surface area contributed by atoms with E-state index in [2.05, 4.69) is 10.3 Å². The fourth-order valence-corrected chi connectivity index (χ4v) is 1.92. The number of nitro groups is 1. The monoisotopic (exact) mass is 268 g/mol. The second-order valence-corrected chi connectivity index (χ2v) is 4.22. The van der Waals surface area contributed by atoms with Gasteiger partial charge in [0, 0.05) is 18.4 Å². The van der Waals surface area contributed by atoms with E-state index < -0.39 is 4.92 Å². The highest BCUT2D eigenvalue weighted by molar-refractivity contribution is 5.69. The Morgan fingerprint density at radius 2 is 2.05 bits per heavy atom. The van der Waals surface area contributed by atoms with Crippen LogP contribution in [-0.2, 0) is 0 Å². The van der Waals surface area contributed by atoms with Crippen LogP contribution in [0.3, 0.4) is 0 Å². The molecule has 0 radical (unpaired) electrons. The van der Waals surface area contributed by atoms with Crippen molar-refractivity contribution in [1.82, 2.24) is 4.98 Å². The molecule has 1 atom stereocenters. The molecule has 0 bridgehead atoms. The fraction of sp³-hybridized carbons (Fsp3) is 0.143. The number of benzene rings is 1. The van der Waals surface area contributed by atoms with E-state index in [1.54, 1.807) is 24.5 Å². The number of pyridine rings is 1. The van der Waals surface area contributed by atoms with Crippen LogP contribution in [0.25, 0.3) is 0 Å². The average molecular weight is 268 g/mol. The van der Waals surface area contributed by atoms with Crippen molar-refractivity contribution in [2.24, 2.45) is 0 Å². The van der Waals surface area contributed by atoms with Gasteiger partial charge in [0.1, 0.15) is 17.3 Å². The number of para-hydroxylation sites is 1. The van der Waals surface area contributed by atoms with Crippen LogP contribution in [0.4, 0.5) is 11.4 Å². The average Bonchev–Trinajstić information content (AvgIpc) is 2.47. The summed E-state index contributed by atoms with van der Waals surface area (Å²) in [5, 5.41) is 23.1. The smallest absolute Gasteiger partial charge is 0.309 e. The number of nitrogens with zero attached hydrogens (tertiary/aromatic N) is 3. The second-order valence-electron chi connectivity index (χ2n) is 4.22. The standard InChI is InChI=1S/C14H12N4O2/c1-10(11-5-7-16-8-6-11)17-13-4-2-3-12(9-15)14(13)18(19)20/h2-8,10,17H,1H3. The van der Waals surface area contributed by atoms with Gasteiger partial charge in [0.05, 0.1) is 4.92 Å². The van der Waals surface area contributed by atoms with Gasteiger partial charge >= 0.3 is 5.69 Å². The van der Waals surface area contributed by atoms with Crippen molar-refractivity contribution in [2.75, 3.05) is 5.32 Å². The molecule has 20 heavy (non-hydrogen) atoms. The molecule has 1 aromatic carbocycles. The molecule has 1 heterocycles. The zero-order valence-corrected chi connectivity index (χ0v) is 10.8. The third-order valence-corrected chi connectivity index (χ3v) is 2.92. The van der Waals surface area contributed by atoms with Crippen LogP contribution in [0, 0.1) is 21.4 Å². The Labute approximate surface area is 115 Å². The minimum atomic E-state index is -0.542. The van der Waals surface area contributed by atoms with E-state index in [4.69, 9.17) is 5.26 Å². The van der Waals surface area contributed by atoms with E-state index in [0.29, 0.717) is 5.69 Å². The topological polar surface area (TPSA) is 91.8 Å². The number of nitriles is 1. The van der Waals surface area contributed by atoms with Crippen LogP contribution in [0.5, 0.6) is 0 Å². The van der Waals surface area contributed by atoms with Crippen LogP contribution in [0.1, 0.15) is 24.1 Å². The summed E-state index contributed by atoms with van der Waals surface area (Å²) in [5.41, 5.74) is 1.13. The number of rotatable bonds is 4. The molecule has 6 heteroatoms. The van der Waals surface area contributed by atoms with Crippen LogP contribution in [-0.4, -0.2) is 9.91 Å². The lowest BCUT2D eigenvalue weighted by molar-refractivity contribution is -0.384. The number of anilines is 1. The normalized spacial score (nSPS) is 11.4. The lowest BCUT2D eigenvalue weighted by Gasteiger charge is -2.15. The second kappa shape index (κ2) is 5.80. The Balaban J connectivity index is 2.35. The maximum Gasteiger partial charge on any atom is 0.309 e. The van der Waals surface area contributed by atoms with Gasteiger partial charge in [0.15, 0.2) is 0 Å². The van der Waals surface area contributed by atoms with Crippen molar-refractivity contribution in [2.45, 2.75) is 13.0 Å². The lowest BCUT2D eigenvalue weighted by Crippen LogP contribution is -2.09. The molecule has 0 aliphatic rings. The summed E-state index contributed by atoms with van der Waals surface area (Å²) in [4.78, 5) is 14.5. The van der Waals surface area contributed by atoms with Gasteiger partial charge in [-0.1, -0.05) is 6.07 Å². The number of hydrogen-bond donors (Lipinski definition) is 1. The highest BCUT2D eigenvalue weighted by Gasteiger charge is 2.20. The summed E-state index contributed by atoms with van der Waals surface area (Å²) in [6.07, 6.45) is 3.32. The van der Waals surface area contributed by atoms with Crippen molar-refractivity contribution < 1.29 is 4.92 Å². The van der Waals surface area contributed by atoms with Crippen molar-refractivity contribution >= 4 is 11.4 Å². The molecule has 0 saturated carbocycles. The molecule has 6 nitrogen and oxygen atoms in total. The van der Waals surface area contributed by atoms with Gasteiger partial charge < -0.3 is 5.32 Å². The third kappa shape index (κ3) is 2.72. The van der Waals surface area contributed by atoms with Gasteiger partial charge in [0.2, 0.25) is 0 Å². The van der Waals surface area contributed by atoms with Crippen LogP contribution in [0.2, 0.25) is 0 Å². The lowest BCUT2D eigenvalue weighted by atomic mass is 10.1. The Kier molecular flexibility index (Phi) is 3.91. The molecule has 0 amide bonds. The molecule has 1 aromatic heterocycles. The summed E-state index contributed by atoms with van der Waals surface area (Å²) < 4.78 is 0. The van der Waals surface area contributed by atoms with Gasteiger partial charge in [-0.15, -0.1) is 0 Å². The minimum absolute atomic E-state index is 0.0435. The van der Waals surface area contributed by atoms with Crippen LogP contribution >= 0.6 is 0 Å². The first-order valence-electron chi connectivity index (χ1n) is 5.97. The Bertz CT molecular complexity index is 665. The quantitative estimate of drug-likeness (QED) is 0.679. The van der Waals surface area contributed by atoms with Crippen molar-refractivity contribution in [3.8, 4) is 6.07 Å². The van der Waals surface area contributed by atoms with Gasteiger partial charge in [-0.25, -0.2) is 0 Å². The summed E-state index contributed by atoms with van der Waals surface area (Å²) in [5.74, 6) is 0. The SMILES string of the molecule is CC(Nc1cccc(C#N)c1[N+](=O)[O-])c1ccncc1. The molecule has 1 N–H and O–H groups in total. The van der Waals surface area contributed by atoms with Crippen LogP contribution in [0.15, 0.2) is 42.7 Å². The van der Waals surface area contributed by atoms with Gasteiger partial charge in [0.25, 0.3) is 0 Å². The predicted octanol–water partition coefficient (Wildman–Crippen LogP) is 3.03. The van der Waals surface area contributed by atoms with E-state index in [9.17, 15) is 10.1 Å². The van der Waals surface area contributed by atoms with E-state index in [-0.39, 0.29) is 17.3 Å². The van der Waals surface area contributed by atoms with Gasteiger partial charge in [-0.2, -0.15) is 5.26 Å². The molecule has 2 rings (SSSR count). The first kappa shape index (κ1) is 13.5. The first-order valence-corrected chi connectivity index (χ1v) is 5.97. The van der Waals surface area contributed by atoms with Crippen molar-refractivity contribution in [3.63, 3.8) is 0 Å². The van der Waals surface area contributed by atoms with Gasteiger partial charge in [-0.3, -0.25) is 15.1 Å². The Morgan fingerprint density at radius 1 is 1.35 bits per heavy atom. The molecule has 0 saturated heterocycles. The highest BCUT2D eigenvalue weighted by atomic mass is 16.6. The number of hydrogen-bond acceptors (Lipinski definition) is 5. The van der Waals surface area contributed by atoms with E-state index in [0.717, 1.165) is 5.56 Å². The summed E-state index contributed by atoms with van der Waals surface area (Å²) in [6, 6.07) is 10.0. The zero-order valence-electron chi connectivity index (χ0n) is 10.8. The molecule has 0 spiro atoms. The third-order valence-electron chi connectivity index (χ3n) is 2.92. The van der Waals surface area contributed by atoms with Crippen molar-refractivity contribution in [3.05, 3.63) is 64.0 Å². The Morgan fingerprint density at radius 3 is 2.65 bits per heavy atom. The molecule has 0 fully saturated rings. The maximum absolute atomic E-state index is 11.1. The largest absolute Gasteiger partial charge is 0.373 e. The maximum atomic E-state index is 11.1. The molecular weight excluding hydrogens is 256 g/mol. The fourth-order valence-electron chi connectivity index (χ4n) is 1.92. The Hall–Kier alpha value is -2.94. The predicted molar refractivity (Wildman–Crippen MR) is 74.1 cm³/mol. The molecule has 0 aliphatic heterocycles. The summed E-state index contributed by atoms with van der Waals surface area (Å²) in [6.45, 7) is 1.89. The number of aromatic nitrogens is 1. The van der Waals surface area contributed by atoms with E-state index >= 15 is 0 Å². The molecule has 2 aromatic rings. The zero-order chi connectivity index (χ0) is 14.5. The van der Waals surface area contributed by atoms with Crippen molar-refractivity contribution in [1.29, 1.82) is 5.26 Å². The van der Waals surface area contributed by atoms with E-state index in [1.165, 1.54) is 6.07 Å². The van der Waals surface area contributed by atoms with Gasteiger partial charge in [-0.05, 0) is 36.8 Å². The minimum Gasteiger partial charge on any atom is -0.373 e. The molecule has 100 valence electrons. The summed E-state index contributed by atoms with van der Waals surface area (Å²) in [7, 11) is 0. The number of nitrogens with one attached hydrogen (secondary N) is 1. The number of nitro benzene ring substituents is 1. The molecule has 1 unspecified atom stereocenters.